The van der Waals surface area contributed by atoms with Crippen molar-refractivity contribution in [3.05, 3.63) is 114 Å². The van der Waals surface area contributed by atoms with Crippen LogP contribution in [0.25, 0.3) is 0 Å². The van der Waals surface area contributed by atoms with Gasteiger partial charge in [-0.25, -0.2) is 8.42 Å². The van der Waals surface area contributed by atoms with Gasteiger partial charge in [-0.05, 0) is 79.1 Å². The molecule has 4 aromatic carbocycles. The summed E-state index contributed by atoms with van der Waals surface area (Å²) in [4.78, 5) is 13.4. The molecular formula is C31H32N2O5S. The Hall–Kier alpha value is -4.30. The number of hydrogen-bond donors (Lipinski definition) is 1. The number of methoxy groups -OCH3 is 1. The van der Waals surface area contributed by atoms with Crippen LogP contribution in [-0.4, -0.2) is 28.0 Å². The molecule has 1 N–H and O–H groups in total. The topological polar surface area (TPSA) is 84.9 Å². The SMILES string of the molecule is CCC(NC(=O)CN(c1ccc(Oc2ccccc2)cc1)S(=O)(=O)c1ccccc1)c1ccc(OC)c(C)c1. The number of aryl methyl sites for hydroxylation is 1. The number of carbonyl (C=O) groups is 1. The minimum absolute atomic E-state index is 0.0974. The Labute approximate surface area is 230 Å². The van der Waals surface area contributed by atoms with Crippen molar-refractivity contribution in [3.8, 4) is 17.2 Å². The molecule has 0 fully saturated rings. The molecule has 4 aromatic rings. The third-order valence-electron chi connectivity index (χ3n) is 6.29. The highest BCUT2D eigenvalue weighted by atomic mass is 32.2. The van der Waals surface area contributed by atoms with Crippen LogP contribution in [0.5, 0.6) is 17.2 Å². The zero-order valence-electron chi connectivity index (χ0n) is 22.2. The monoisotopic (exact) mass is 544 g/mol. The minimum Gasteiger partial charge on any atom is -0.496 e. The maximum absolute atomic E-state index is 13.7. The second-order valence-corrected chi connectivity index (χ2v) is 10.9. The van der Waals surface area contributed by atoms with E-state index in [0.717, 1.165) is 21.2 Å². The Balaban J connectivity index is 1.59. The molecule has 0 aliphatic carbocycles. The average Bonchev–Trinajstić information content (AvgIpc) is 2.96. The molecule has 1 unspecified atom stereocenters. The van der Waals surface area contributed by atoms with Crippen LogP contribution in [0, 0.1) is 6.92 Å². The van der Waals surface area contributed by atoms with Crippen molar-refractivity contribution in [2.45, 2.75) is 31.2 Å². The lowest BCUT2D eigenvalue weighted by Gasteiger charge is -2.26. The number of benzene rings is 4. The quantitative estimate of drug-likeness (QED) is 0.241. The summed E-state index contributed by atoms with van der Waals surface area (Å²) in [7, 11) is -2.41. The lowest BCUT2D eigenvalue weighted by Crippen LogP contribution is -2.42. The van der Waals surface area contributed by atoms with Gasteiger partial charge in [0.1, 0.15) is 23.8 Å². The maximum atomic E-state index is 13.7. The zero-order valence-corrected chi connectivity index (χ0v) is 23.0. The summed E-state index contributed by atoms with van der Waals surface area (Å²) in [5.41, 5.74) is 2.22. The molecule has 8 heteroatoms. The molecule has 39 heavy (non-hydrogen) atoms. The van der Waals surface area contributed by atoms with E-state index in [1.165, 1.54) is 12.1 Å². The lowest BCUT2D eigenvalue weighted by atomic mass is 10.0. The van der Waals surface area contributed by atoms with Crippen molar-refractivity contribution >= 4 is 21.6 Å². The normalized spacial score (nSPS) is 11.9. The minimum atomic E-state index is -4.03. The average molecular weight is 545 g/mol. The van der Waals surface area contributed by atoms with Crippen LogP contribution in [0.4, 0.5) is 5.69 Å². The Morgan fingerprint density at radius 1 is 0.872 bits per heavy atom. The van der Waals surface area contributed by atoms with Crippen LogP contribution in [-0.2, 0) is 14.8 Å². The molecule has 4 rings (SSSR count). The highest BCUT2D eigenvalue weighted by Crippen LogP contribution is 2.29. The van der Waals surface area contributed by atoms with Gasteiger partial charge < -0.3 is 14.8 Å². The van der Waals surface area contributed by atoms with E-state index in [4.69, 9.17) is 9.47 Å². The molecular weight excluding hydrogens is 512 g/mol. The Kier molecular flexibility index (Phi) is 8.88. The Morgan fingerprint density at radius 2 is 1.49 bits per heavy atom. The van der Waals surface area contributed by atoms with Gasteiger partial charge in [-0.2, -0.15) is 0 Å². The molecule has 0 spiro atoms. The first-order chi connectivity index (χ1) is 18.8. The predicted octanol–water partition coefficient (Wildman–Crippen LogP) is 6.26. The van der Waals surface area contributed by atoms with Crippen molar-refractivity contribution in [2.24, 2.45) is 0 Å². The molecule has 0 saturated carbocycles. The fourth-order valence-corrected chi connectivity index (χ4v) is 5.69. The molecule has 1 atom stereocenters. The standard InChI is InChI=1S/C31H32N2O5S/c1-4-29(24-15-20-30(37-3)23(2)21-24)32-31(34)22-33(39(35,36)28-13-9-6-10-14-28)25-16-18-27(19-17-25)38-26-11-7-5-8-12-26/h5-21,29H,4,22H2,1-3H3,(H,32,34). The molecule has 1 amide bonds. The number of sulfonamides is 1. The third-order valence-corrected chi connectivity index (χ3v) is 8.07. The molecule has 0 radical (unpaired) electrons. The first-order valence-corrected chi connectivity index (χ1v) is 14.1. The van der Waals surface area contributed by atoms with E-state index >= 15 is 0 Å². The van der Waals surface area contributed by atoms with Gasteiger partial charge in [0.2, 0.25) is 5.91 Å². The third kappa shape index (κ3) is 6.78. The first kappa shape index (κ1) is 27.7. The molecule has 0 aliphatic heterocycles. The largest absolute Gasteiger partial charge is 0.496 e. The van der Waals surface area contributed by atoms with Crippen molar-refractivity contribution in [2.75, 3.05) is 18.0 Å². The second-order valence-electron chi connectivity index (χ2n) is 8.99. The van der Waals surface area contributed by atoms with Gasteiger partial charge in [0, 0.05) is 0 Å². The molecule has 0 bridgehead atoms. The van der Waals surface area contributed by atoms with Crippen molar-refractivity contribution < 1.29 is 22.7 Å². The summed E-state index contributed by atoms with van der Waals surface area (Å²) in [5.74, 6) is 1.56. The van der Waals surface area contributed by atoms with Crippen molar-refractivity contribution in [1.82, 2.24) is 5.32 Å². The van der Waals surface area contributed by atoms with Gasteiger partial charge in [-0.15, -0.1) is 0 Å². The van der Waals surface area contributed by atoms with Crippen molar-refractivity contribution in [1.29, 1.82) is 0 Å². The summed E-state index contributed by atoms with van der Waals surface area (Å²) in [6.07, 6.45) is 0.633. The summed E-state index contributed by atoms with van der Waals surface area (Å²) in [5, 5.41) is 3.00. The van der Waals surface area contributed by atoms with Crippen LogP contribution < -0.4 is 19.1 Å². The fourth-order valence-electron chi connectivity index (χ4n) is 4.25. The Bertz CT molecular complexity index is 1490. The zero-order chi connectivity index (χ0) is 27.8. The van der Waals surface area contributed by atoms with Crippen LogP contribution in [0.1, 0.15) is 30.5 Å². The maximum Gasteiger partial charge on any atom is 0.264 e. The van der Waals surface area contributed by atoms with E-state index < -0.39 is 15.9 Å². The van der Waals surface area contributed by atoms with Crippen LogP contribution in [0.3, 0.4) is 0 Å². The molecule has 0 saturated heterocycles. The van der Waals surface area contributed by atoms with Crippen molar-refractivity contribution in [3.63, 3.8) is 0 Å². The van der Waals surface area contributed by atoms with Crippen LogP contribution in [0.15, 0.2) is 108 Å². The van der Waals surface area contributed by atoms with E-state index in [2.05, 4.69) is 5.32 Å². The number of anilines is 1. The number of para-hydroxylation sites is 1. The highest BCUT2D eigenvalue weighted by Gasteiger charge is 2.28. The fraction of sp³-hybridized carbons (Fsp3) is 0.194. The van der Waals surface area contributed by atoms with Gasteiger partial charge >= 0.3 is 0 Å². The molecule has 7 nitrogen and oxygen atoms in total. The van der Waals surface area contributed by atoms with Gasteiger partial charge in [0.15, 0.2) is 0 Å². The number of hydrogen-bond acceptors (Lipinski definition) is 5. The number of amides is 1. The lowest BCUT2D eigenvalue weighted by molar-refractivity contribution is -0.120. The number of ether oxygens (including phenoxy) is 2. The van der Waals surface area contributed by atoms with E-state index in [0.29, 0.717) is 23.6 Å². The highest BCUT2D eigenvalue weighted by molar-refractivity contribution is 7.92. The van der Waals surface area contributed by atoms with Crippen LogP contribution in [0.2, 0.25) is 0 Å². The molecule has 0 aromatic heterocycles. The first-order valence-electron chi connectivity index (χ1n) is 12.7. The predicted molar refractivity (Wildman–Crippen MR) is 153 cm³/mol. The summed E-state index contributed by atoms with van der Waals surface area (Å²) >= 11 is 0. The van der Waals surface area contributed by atoms with Gasteiger partial charge in [-0.3, -0.25) is 9.10 Å². The van der Waals surface area contributed by atoms with E-state index in [1.807, 2.05) is 62.4 Å². The van der Waals surface area contributed by atoms with E-state index in [9.17, 15) is 13.2 Å². The smallest absolute Gasteiger partial charge is 0.264 e. The number of nitrogens with one attached hydrogen (secondary N) is 1. The molecule has 0 heterocycles. The van der Waals surface area contributed by atoms with Gasteiger partial charge in [0.25, 0.3) is 10.0 Å². The molecule has 0 aliphatic rings. The van der Waals surface area contributed by atoms with Gasteiger partial charge in [0.05, 0.1) is 23.7 Å². The summed E-state index contributed by atoms with van der Waals surface area (Å²) in [6, 6.07) is 29.5. The number of nitrogens with zero attached hydrogens (tertiary/aromatic N) is 1. The number of rotatable bonds is 11. The Morgan fingerprint density at radius 3 is 2.08 bits per heavy atom. The second kappa shape index (κ2) is 12.5. The number of carbonyl (C=O) groups excluding carboxylic acids is 1. The molecule has 202 valence electrons. The van der Waals surface area contributed by atoms with Gasteiger partial charge in [-0.1, -0.05) is 55.5 Å². The summed E-state index contributed by atoms with van der Waals surface area (Å²) in [6.45, 7) is 3.52. The van der Waals surface area contributed by atoms with Crippen LogP contribution >= 0.6 is 0 Å². The van der Waals surface area contributed by atoms with E-state index in [1.54, 1.807) is 49.6 Å². The summed E-state index contributed by atoms with van der Waals surface area (Å²) < 4.78 is 39.7. The van der Waals surface area contributed by atoms with E-state index in [-0.39, 0.29) is 17.5 Å².